The molecule has 0 spiro atoms. The third-order valence-electron chi connectivity index (χ3n) is 5.34. The van der Waals surface area contributed by atoms with E-state index in [1.54, 1.807) is 12.1 Å². The van der Waals surface area contributed by atoms with E-state index in [-0.39, 0.29) is 6.04 Å². The van der Waals surface area contributed by atoms with Crippen LogP contribution in [0.3, 0.4) is 0 Å². The second-order valence-electron chi connectivity index (χ2n) is 6.96. The SMILES string of the molecule is CCc1cnc(N2CCC(N(C)C3=NS(=O)(=O)c4ccccc43)CC2)nc1. The zero-order chi connectivity index (χ0) is 19.0. The van der Waals surface area contributed by atoms with Gasteiger partial charge in [-0.1, -0.05) is 19.1 Å². The van der Waals surface area contributed by atoms with Crippen molar-refractivity contribution in [1.29, 1.82) is 0 Å². The molecule has 142 valence electrons. The molecular formula is C19H23N5O2S. The summed E-state index contributed by atoms with van der Waals surface area (Å²) in [5.41, 5.74) is 1.83. The Morgan fingerprint density at radius 1 is 1.15 bits per heavy atom. The lowest BCUT2D eigenvalue weighted by Crippen LogP contribution is -2.46. The number of aromatic nitrogens is 2. The third-order valence-corrected chi connectivity index (χ3v) is 6.67. The molecule has 1 fully saturated rings. The Morgan fingerprint density at radius 2 is 1.81 bits per heavy atom. The predicted molar refractivity (Wildman–Crippen MR) is 105 cm³/mol. The van der Waals surface area contributed by atoms with Crippen LogP contribution < -0.4 is 4.90 Å². The van der Waals surface area contributed by atoms with Crippen LogP contribution in [-0.2, 0) is 16.4 Å². The second kappa shape index (κ2) is 6.92. The molecule has 0 N–H and O–H groups in total. The Kier molecular flexibility index (Phi) is 4.59. The van der Waals surface area contributed by atoms with E-state index in [1.807, 2.05) is 36.5 Å². The summed E-state index contributed by atoms with van der Waals surface area (Å²) < 4.78 is 28.6. The van der Waals surface area contributed by atoms with Gasteiger partial charge in [0.25, 0.3) is 10.0 Å². The van der Waals surface area contributed by atoms with Crippen LogP contribution in [0.25, 0.3) is 0 Å². The Bertz CT molecular complexity index is 964. The molecule has 4 rings (SSSR count). The van der Waals surface area contributed by atoms with Gasteiger partial charge in [-0.15, -0.1) is 4.40 Å². The Balaban J connectivity index is 1.47. The quantitative estimate of drug-likeness (QED) is 0.805. The summed E-state index contributed by atoms with van der Waals surface area (Å²) in [5, 5.41) is 0. The molecule has 2 aliphatic heterocycles. The van der Waals surface area contributed by atoms with Crippen LogP contribution in [0.2, 0.25) is 0 Å². The molecule has 0 amide bonds. The lowest BCUT2D eigenvalue weighted by Gasteiger charge is -2.37. The lowest BCUT2D eigenvalue weighted by molar-refractivity contribution is 0.305. The maximum Gasteiger partial charge on any atom is 0.285 e. The molecule has 7 nitrogen and oxygen atoms in total. The van der Waals surface area contributed by atoms with E-state index < -0.39 is 10.0 Å². The first-order chi connectivity index (χ1) is 13.0. The van der Waals surface area contributed by atoms with Crippen LogP contribution in [0.4, 0.5) is 5.95 Å². The topological polar surface area (TPSA) is 78.8 Å². The number of sulfonamides is 1. The summed E-state index contributed by atoms with van der Waals surface area (Å²) in [6, 6.07) is 7.26. The first-order valence-electron chi connectivity index (χ1n) is 9.22. The van der Waals surface area contributed by atoms with E-state index in [1.165, 1.54) is 0 Å². The van der Waals surface area contributed by atoms with E-state index in [2.05, 4.69) is 26.2 Å². The van der Waals surface area contributed by atoms with Gasteiger partial charge in [-0.05, 0) is 37.0 Å². The molecule has 0 atom stereocenters. The minimum absolute atomic E-state index is 0.233. The minimum Gasteiger partial charge on any atom is -0.355 e. The fourth-order valence-corrected chi connectivity index (χ4v) is 4.90. The highest BCUT2D eigenvalue weighted by molar-refractivity contribution is 7.90. The zero-order valence-corrected chi connectivity index (χ0v) is 16.4. The Morgan fingerprint density at radius 3 is 2.48 bits per heavy atom. The zero-order valence-electron chi connectivity index (χ0n) is 15.5. The average molecular weight is 385 g/mol. The fraction of sp³-hybridized carbons (Fsp3) is 0.421. The summed E-state index contributed by atoms with van der Waals surface area (Å²) in [6.45, 7) is 3.76. The molecule has 27 heavy (non-hydrogen) atoms. The first-order valence-corrected chi connectivity index (χ1v) is 10.7. The molecule has 3 heterocycles. The van der Waals surface area contributed by atoms with Crippen molar-refractivity contribution in [2.45, 2.75) is 37.1 Å². The van der Waals surface area contributed by atoms with Crippen molar-refractivity contribution < 1.29 is 8.42 Å². The van der Waals surface area contributed by atoms with Crippen molar-refractivity contribution in [3.63, 3.8) is 0 Å². The normalized spacial score (nSPS) is 18.9. The van der Waals surface area contributed by atoms with Gasteiger partial charge < -0.3 is 9.80 Å². The Hall–Kier alpha value is -2.48. The van der Waals surface area contributed by atoms with Gasteiger partial charge in [0, 0.05) is 44.1 Å². The van der Waals surface area contributed by atoms with Gasteiger partial charge in [-0.25, -0.2) is 9.97 Å². The number of fused-ring (bicyclic) bond motifs is 1. The number of anilines is 1. The van der Waals surface area contributed by atoms with Crippen molar-refractivity contribution in [3.05, 3.63) is 47.8 Å². The highest BCUT2D eigenvalue weighted by Crippen LogP contribution is 2.29. The largest absolute Gasteiger partial charge is 0.355 e. The number of piperidine rings is 1. The van der Waals surface area contributed by atoms with Crippen molar-refractivity contribution in [1.82, 2.24) is 14.9 Å². The first kappa shape index (κ1) is 17.9. The summed E-state index contributed by atoms with van der Waals surface area (Å²) >= 11 is 0. The van der Waals surface area contributed by atoms with Gasteiger partial charge >= 0.3 is 0 Å². The number of rotatable bonds is 3. The summed E-state index contributed by atoms with van der Waals surface area (Å²) in [4.78, 5) is 13.4. The lowest BCUT2D eigenvalue weighted by atomic mass is 10.0. The summed E-state index contributed by atoms with van der Waals surface area (Å²) in [5.74, 6) is 1.31. The number of hydrogen-bond acceptors (Lipinski definition) is 6. The van der Waals surface area contributed by atoms with E-state index in [0.717, 1.165) is 43.9 Å². The summed E-state index contributed by atoms with van der Waals surface area (Å²) in [7, 11) is -1.65. The van der Waals surface area contributed by atoms with Gasteiger partial charge in [0.15, 0.2) is 5.84 Å². The van der Waals surface area contributed by atoms with E-state index >= 15 is 0 Å². The van der Waals surface area contributed by atoms with Crippen LogP contribution >= 0.6 is 0 Å². The summed E-state index contributed by atoms with van der Waals surface area (Å²) in [6.07, 6.45) is 6.50. The van der Waals surface area contributed by atoms with Crippen molar-refractivity contribution in [2.24, 2.45) is 4.40 Å². The number of amidine groups is 1. The molecule has 8 heteroatoms. The van der Waals surface area contributed by atoms with Gasteiger partial charge in [0.05, 0.1) is 0 Å². The number of hydrogen-bond donors (Lipinski definition) is 0. The molecule has 0 unspecified atom stereocenters. The van der Waals surface area contributed by atoms with Gasteiger partial charge in [-0.3, -0.25) is 0 Å². The molecule has 2 aromatic rings. The van der Waals surface area contributed by atoms with Crippen LogP contribution in [0.1, 0.15) is 30.9 Å². The molecule has 0 bridgehead atoms. The monoisotopic (exact) mass is 385 g/mol. The molecule has 1 aromatic carbocycles. The molecule has 2 aliphatic rings. The third kappa shape index (κ3) is 3.29. The van der Waals surface area contributed by atoms with Crippen LogP contribution in [0.5, 0.6) is 0 Å². The molecule has 0 saturated carbocycles. The van der Waals surface area contributed by atoms with Crippen LogP contribution in [0.15, 0.2) is 46.0 Å². The van der Waals surface area contributed by atoms with Crippen LogP contribution in [0, 0.1) is 0 Å². The van der Waals surface area contributed by atoms with Crippen molar-refractivity contribution >= 4 is 21.8 Å². The smallest absolute Gasteiger partial charge is 0.285 e. The molecule has 0 radical (unpaired) electrons. The molecule has 0 aliphatic carbocycles. The van der Waals surface area contributed by atoms with Crippen molar-refractivity contribution in [3.8, 4) is 0 Å². The standard InChI is InChI=1S/C19H23N5O2S/c1-3-14-12-20-19(21-13-14)24-10-8-15(9-11-24)23(2)18-16-6-4-5-7-17(16)27(25,26)22-18/h4-7,12-13,15H,3,8-11H2,1-2H3. The Labute approximate surface area is 159 Å². The van der Waals surface area contributed by atoms with Crippen molar-refractivity contribution in [2.75, 3.05) is 25.0 Å². The number of nitrogens with zero attached hydrogens (tertiary/aromatic N) is 5. The fourth-order valence-electron chi connectivity index (χ4n) is 3.66. The van der Waals surface area contributed by atoms with Crippen LogP contribution in [-0.4, -0.2) is 55.3 Å². The van der Waals surface area contributed by atoms with E-state index in [0.29, 0.717) is 16.3 Å². The average Bonchev–Trinajstić information content (AvgIpc) is 2.99. The van der Waals surface area contributed by atoms with E-state index in [4.69, 9.17) is 0 Å². The predicted octanol–water partition coefficient (Wildman–Crippen LogP) is 2.09. The molecule has 1 saturated heterocycles. The second-order valence-corrected chi connectivity index (χ2v) is 8.53. The minimum atomic E-state index is -3.58. The molecule has 1 aromatic heterocycles. The highest BCUT2D eigenvalue weighted by atomic mass is 32.2. The molecular weight excluding hydrogens is 362 g/mol. The maximum atomic E-state index is 12.3. The van der Waals surface area contributed by atoms with Gasteiger partial charge in [0.1, 0.15) is 4.90 Å². The number of aryl methyl sites for hydroxylation is 1. The van der Waals surface area contributed by atoms with E-state index in [9.17, 15) is 8.42 Å². The van der Waals surface area contributed by atoms with Gasteiger partial charge in [0.2, 0.25) is 5.95 Å². The van der Waals surface area contributed by atoms with Gasteiger partial charge in [-0.2, -0.15) is 8.42 Å². The highest BCUT2D eigenvalue weighted by Gasteiger charge is 2.34. The maximum absolute atomic E-state index is 12.3. The number of benzene rings is 1.